The van der Waals surface area contributed by atoms with Crippen LogP contribution in [-0.4, -0.2) is 11.3 Å². The Morgan fingerprint density at radius 3 is 2.75 bits per heavy atom. The van der Waals surface area contributed by atoms with Crippen LogP contribution in [0.1, 0.15) is 34.8 Å². The predicted molar refractivity (Wildman–Crippen MR) is 41.6 cm³/mol. The van der Waals surface area contributed by atoms with Crippen LogP contribution in [0.3, 0.4) is 0 Å². The first-order chi connectivity index (χ1) is 5.81. The quantitative estimate of drug-likeness (QED) is 0.495. The summed E-state index contributed by atoms with van der Waals surface area (Å²) < 4.78 is 12.9. The minimum absolute atomic E-state index is 0.0411. The van der Waals surface area contributed by atoms with E-state index in [0.717, 1.165) is 18.5 Å². The molecule has 1 aromatic rings. The van der Waals surface area contributed by atoms with Crippen LogP contribution < -0.4 is 0 Å². The third kappa shape index (κ3) is 1.22. The lowest BCUT2D eigenvalue weighted by molar-refractivity contribution is 0.111. The van der Waals surface area contributed by atoms with Gasteiger partial charge in [0.15, 0.2) is 6.29 Å². The lowest BCUT2D eigenvalue weighted by Gasteiger charge is -1.97. The lowest BCUT2D eigenvalue weighted by atomic mass is 10.2. The average molecular weight is 165 g/mol. The Hall–Kier alpha value is -1.25. The van der Waals surface area contributed by atoms with Gasteiger partial charge < -0.3 is 0 Å². The minimum atomic E-state index is -0.644. The van der Waals surface area contributed by atoms with Crippen LogP contribution in [0.2, 0.25) is 0 Å². The van der Waals surface area contributed by atoms with Gasteiger partial charge in [0.2, 0.25) is 5.95 Å². The molecule has 0 aromatic carbocycles. The average Bonchev–Trinajstić information content (AvgIpc) is 2.86. The van der Waals surface area contributed by atoms with Crippen molar-refractivity contribution in [3.05, 3.63) is 29.3 Å². The number of hydrogen-bond acceptors (Lipinski definition) is 2. The van der Waals surface area contributed by atoms with Crippen LogP contribution >= 0.6 is 0 Å². The summed E-state index contributed by atoms with van der Waals surface area (Å²) in [5.41, 5.74) is 0.817. The maximum atomic E-state index is 12.9. The summed E-state index contributed by atoms with van der Waals surface area (Å²) in [6, 6.07) is 3.22. The summed E-state index contributed by atoms with van der Waals surface area (Å²) in [6.07, 6.45) is 2.67. The second kappa shape index (κ2) is 2.66. The van der Waals surface area contributed by atoms with Crippen LogP contribution in [0.15, 0.2) is 12.1 Å². The fraction of sp³-hybridized carbons (Fsp3) is 0.333. The molecule has 0 radical (unpaired) electrons. The van der Waals surface area contributed by atoms with Crippen molar-refractivity contribution in [3.63, 3.8) is 0 Å². The molecule has 1 aliphatic rings. The number of nitrogens with zero attached hydrogens (tertiary/aromatic N) is 1. The molecule has 1 saturated carbocycles. The van der Waals surface area contributed by atoms with Crippen LogP contribution in [-0.2, 0) is 0 Å². The molecule has 1 heterocycles. The molecule has 0 atom stereocenters. The van der Waals surface area contributed by atoms with E-state index in [1.54, 1.807) is 6.07 Å². The number of pyridine rings is 1. The van der Waals surface area contributed by atoms with Gasteiger partial charge in [0.25, 0.3) is 0 Å². The maximum Gasteiger partial charge on any atom is 0.223 e. The topological polar surface area (TPSA) is 30.0 Å². The molecule has 62 valence electrons. The smallest absolute Gasteiger partial charge is 0.223 e. The molecule has 2 rings (SSSR count). The van der Waals surface area contributed by atoms with Gasteiger partial charge in [-0.05, 0) is 25.0 Å². The van der Waals surface area contributed by atoms with Gasteiger partial charge in [-0.25, -0.2) is 4.98 Å². The van der Waals surface area contributed by atoms with Gasteiger partial charge in [-0.1, -0.05) is 0 Å². The van der Waals surface area contributed by atoms with Crippen molar-refractivity contribution in [2.75, 3.05) is 0 Å². The van der Waals surface area contributed by atoms with Crippen LogP contribution in [0.4, 0.5) is 4.39 Å². The van der Waals surface area contributed by atoms with Gasteiger partial charge in [0, 0.05) is 11.6 Å². The molecule has 2 nitrogen and oxygen atoms in total. The van der Waals surface area contributed by atoms with Gasteiger partial charge in [-0.15, -0.1) is 0 Å². The summed E-state index contributed by atoms with van der Waals surface area (Å²) in [7, 11) is 0. The second-order valence-corrected chi connectivity index (χ2v) is 3.01. The monoisotopic (exact) mass is 165 g/mol. The summed E-state index contributed by atoms with van der Waals surface area (Å²) in [5, 5.41) is 0. The highest BCUT2D eigenvalue weighted by Gasteiger charge is 2.25. The number of rotatable bonds is 2. The normalized spacial score (nSPS) is 16.1. The molecule has 1 aromatic heterocycles. The van der Waals surface area contributed by atoms with Crippen molar-refractivity contribution in [3.8, 4) is 0 Å². The molecule has 0 bridgehead atoms. The fourth-order valence-electron chi connectivity index (χ4n) is 1.15. The lowest BCUT2D eigenvalue weighted by Crippen LogP contribution is -1.95. The van der Waals surface area contributed by atoms with Gasteiger partial charge in [-0.2, -0.15) is 4.39 Å². The Bertz CT molecular complexity index is 320. The molecule has 0 saturated heterocycles. The van der Waals surface area contributed by atoms with Gasteiger partial charge >= 0.3 is 0 Å². The first kappa shape index (κ1) is 7.40. The third-order valence-electron chi connectivity index (χ3n) is 2.02. The molecule has 0 amide bonds. The van der Waals surface area contributed by atoms with Crippen molar-refractivity contribution >= 4 is 6.29 Å². The molecule has 3 heteroatoms. The van der Waals surface area contributed by atoms with E-state index in [1.807, 2.05) is 0 Å². The highest BCUT2D eigenvalue weighted by molar-refractivity contribution is 5.74. The molecule has 1 aliphatic carbocycles. The Balaban J connectivity index is 2.36. The number of halogens is 1. The molecular formula is C9H8FNO. The SMILES string of the molecule is O=Cc1ccc(C2CC2)nc1F. The molecule has 1 fully saturated rings. The Morgan fingerprint density at radius 2 is 2.25 bits per heavy atom. The molecule has 12 heavy (non-hydrogen) atoms. The highest BCUT2D eigenvalue weighted by Crippen LogP contribution is 2.38. The van der Waals surface area contributed by atoms with E-state index >= 15 is 0 Å². The third-order valence-corrected chi connectivity index (χ3v) is 2.02. The van der Waals surface area contributed by atoms with Crippen LogP contribution in [0, 0.1) is 5.95 Å². The zero-order valence-corrected chi connectivity index (χ0v) is 6.46. The summed E-state index contributed by atoms with van der Waals surface area (Å²) >= 11 is 0. The standard InChI is InChI=1S/C9H8FNO/c10-9-7(5-12)3-4-8(11-9)6-1-2-6/h3-6H,1-2H2. The summed E-state index contributed by atoms with van der Waals surface area (Å²) in [6.45, 7) is 0. The molecule has 0 spiro atoms. The minimum Gasteiger partial charge on any atom is -0.298 e. The van der Waals surface area contributed by atoms with Crippen LogP contribution in [0.25, 0.3) is 0 Å². The number of aromatic nitrogens is 1. The van der Waals surface area contributed by atoms with E-state index < -0.39 is 5.95 Å². The van der Waals surface area contributed by atoms with E-state index in [9.17, 15) is 9.18 Å². The zero-order valence-electron chi connectivity index (χ0n) is 6.46. The molecule has 0 unspecified atom stereocenters. The van der Waals surface area contributed by atoms with Crippen LogP contribution in [0.5, 0.6) is 0 Å². The highest BCUT2D eigenvalue weighted by atomic mass is 19.1. The van der Waals surface area contributed by atoms with E-state index in [4.69, 9.17) is 0 Å². The number of aldehydes is 1. The van der Waals surface area contributed by atoms with E-state index in [0.29, 0.717) is 12.2 Å². The van der Waals surface area contributed by atoms with Crippen molar-refractivity contribution in [2.45, 2.75) is 18.8 Å². The van der Waals surface area contributed by atoms with E-state index in [2.05, 4.69) is 4.98 Å². The second-order valence-electron chi connectivity index (χ2n) is 3.01. The van der Waals surface area contributed by atoms with Crippen molar-refractivity contribution < 1.29 is 9.18 Å². The van der Waals surface area contributed by atoms with Crippen molar-refractivity contribution in [2.24, 2.45) is 0 Å². The molecular weight excluding hydrogens is 157 g/mol. The number of carbonyl (C=O) groups excluding carboxylic acids is 1. The van der Waals surface area contributed by atoms with Gasteiger partial charge in [0.1, 0.15) is 0 Å². The van der Waals surface area contributed by atoms with E-state index in [1.165, 1.54) is 6.07 Å². The Kier molecular flexibility index (Phi) is 1.64. The summed E-state index contributed by atoms with van der Waals surface area (Å²) in [5.74, 6) is -0.213. The van der Waals surface area contributed by atoms with Gasteiger partial charge in [-0.3, -0.25) is 4.79 Å². The predicted octanol–water partition coefficient (Wildman–Crippen LogP) is 1.91. The van der Waals surface area contributed by atoms with Crippen molar-refractivity contribution in [1.29, 1.82) is 0 Å². The number of carbonyl (C=O) groups is 1. The first-order valence-corrected chi connectivity index (χ1v) is 3.93. The fourth-order valence-corrected chi connectivity index (χ4v) is 1.15. The molecule has 0 N–H and O–H groups in total. The Morgan fingerprint density at radius 1 is 1.50 bits per heavy atom. The zero-order chi connectivity index (χ0) is 8.55. The van der Waals surface area contributed by atoms with Crippen molar-refractivity contribution in [1.82, 2.24) is 4.98 Å². The first-order valence-electron chi connectivity index (χ1n) is 3.93. The summed E-state index contributed by atoms with van der Waals surface area (Å²) in [4.78, 5) is 14.0. The molecule has 0 aliphatic heterocycles. The maximum absolute atomic E-state index is 12.9. The van der Waals surface area contributed by atoms with E-state index in [-0.39, 0.29) is 5.56 Å². The van der Waals surface area contributed by atoms with Gasteiger partial charge in [0.05, 0.1) is 5.56 Å². The Labute approximate surface area is 69.4 Å². The largest absolute Gasteiger partial charge is 0.298 e. The number of hydrogen-bond donors (Lipinski definition) is 0.